The molecule has 4 heteroatoms. The number of hydrogen-bond acceptors (Lipinski definition) is 2. The molecule has 2 rings (SSSR count). The van der Waals surface area contributed by atoms with Crippen LogP contribution in [0.2, 0.25) is 0 Å². The van der Waals surface area contributed by atoms with Crippen LogP contribution < -0.4 is 5.32 Å². The zero-order chi connectivity index (χ0) is 14.5. The van der Waals surface area contributed by atoms with E-state index in [1.807, 2.05) is 31.2 Å². The van der Waals surface area contributed by atoms with Crippen molar-refractivity contribution in [3.05, 3.63) is 59.2 Å². The van der Waals surface area contributed by atoms with Gasteiger partial charge < -0.3 is 10.4 Å². The molecule has 0 spiro atoms. The molecular weight excluding hydrogens is 274 g/mol. The number of phenols is 1. The number of alkyl halides is 1. The molecule has 0 aliphatic rings. The van der Waals surface area contributed by atoms with Gasteiger partial charge in [-0.05, 0) is 48.7 Å². The van der Waals surface area contributed by atoms with Crippen molar-refractivity contribution in [2.75, 3.05) is 11.2 Å². The van der Waals surface area contributed by atoms with Crippen LogP contribution >= 0.6 is 11.6 Å². The van der Waals surface area contributed by atoms with E-state index in [4.69, 9.17) is 11.6 Å². The summed E-state index contributed by atoms with van der Waals surface area (Å²) in [6, 6.07) is 12.5. The number of carbonyl (C=O) groups excluding carboxylic acids is 1. The number of phenolic OH excluding ortho intramolecular Hbond substituents is 1. The molecule has 3 nitrogen and oxygen atoms in total. The topological polar surface area (TPSA) is 49.3 Å². The Bertz CT molecular complexity index is 608. The van der Waals surface area contributed by atoms with Gasteiger partial charge in [0.25, 0.3) is 5.91 Å². The van der Waals surface area contributed by atoms with Gasteiger partial charge in [-0.15, -0.1) is 11.6 Å². The summed E-state index contributed by atoms with van der Waals surface area (Å²) in [6.45, 7) is 1.86. The first kappa shape index (κ1) is 14.4. The molecule has 20 heavy (non-hydrogen) atoms. The number of halogens is 1. The molecule has 104 valence electrons. The van der Waals surface area contributed by atoms with Gasteiger partial charge in [0, 0.05) is 11.6 Å². The summed E-state index contributed by atoms with van der Waals surface area (Å²) in [7, 11) is 0. The summed E-state index contributed by atoms with van der Waals surface area (Å²) in [5.74, 6) is 0.233. The molecular formula is C16H16ClNO2. The van der Waals surface area contributed by atoms with Crippen LogP contribution in [0.25, 0.3) is 0 Å². The zero-order valence-electron chi connectivity index (χ0n) is 11.2. The Kier molecular flexibility index (Phi) is 4.64. The highest BCUT2D eigenvalue weighted by molar-refractivity contribution is 6.18. The second-order valence-electron chi connectivity index (χ2n) is 4.61. The average Bonchev–Trinajstić information content (AvgIpc) is 2.41. The maximum atomic E-state index is 12.1. The zero-order valence-corrected chi connectivity index (χ0v) is 11.9. The summed E-state index contributed by atoms with van der Waals surface area (Å²) in [6.07, 6.45) is 0.800. The summed E-state index contributed by atoms with van der Waals surface area (Å²) in [4.78, 5) is 12.1. The van der Waals surface area contributed by atoms with Crippen molar-refractivity contribution in [3.63, 3.8) is 0 Å². The number of amides is 1. The van der Waals surface area contributed by atoms with Crippen LogP contribution in [0, 0.1) is 6.92 Å². The Balaban J connectivity index is 2.11. The molecule has 0 fully saturated rings. The summed E-state index contributed by atoms with van der Waals surface area (Å²) in [5.41, 5.74) is 2.98. The van der Waals surface area contributed by atoms with Crippen LogP contribution in [0.1, 0.15) is 21.5 Å². The van der Waals surface area contributed by atoms with Crippen molar-refractivity contribution in [2.45, 2.75) is 13.3 Å². The van der Waals surface area contributed by atoms with Crippen molar-refractivity contribution < 1.29 is 9.90 Å². The lowest BCUT2D eigenvalue weighted by molar-refractivity contribution is 0.102. The minimum atomic E-state index is -0.326. The van der Waals surface area contributed by atoms with Crippen molar-refractivity contribution in [1.82, 2.24) is 0 Å². The van der Waals surface area contributed by atoms with Crippen LogP contribution in [0.3, 0.4) is 0 Å². The second kappa shape index (κ2) is 6.44. The molecule has 2 aromatic rings. The lowest BCUT2D eigenvalue weighted by Crippen LogP contribution is -2.12. The molecule has 0 unspecified atom stereocenters. The normalized spacial score (nSPS) is 10.3. The third-order valence-corrected chi connectivity index (χ3v) is 3.18. The number of nitrogens with one attached hydrogen (secondary N) is 1. The molecule has 0 saturated heterocycles. The quantitative estimate of drug-likeness (QED) is 0.843. The summed E-state index contributed by atoms with van der Waals surface area (Å²) < 4.78 is 0. The first-order valence-corrected chi connectivity index (χ1v) is 6.89. The third kappa shape index (κ3) is 3.52. The predicted molar refractivity (Wildman–Crippen MR) is 81.7 cm³/mol. The van der Waals surface area contributed by atoms with Gasteiger partial charge in [-0.1, -0.05) is 18.2 Å². The van der Waals surface area contributed by atoms with Crippen molar-refractivity contribution in [2.24, 2.45) is 0 Å². The van der Waals surface area contributed by atoms with E-state index >= 15 is 0 Å². The predicted octanol–water partition coefficient (Wildman–Crippen LogP) is 3.73. The van der Waals surface area contributed by atoms with Crippen molar-refractivity contribution >= 4 is 23.2 Å². The SMILES string of the molecule is Cc1ccc(C(=O)Nc2ccc(CCCl)cc2)c(O)c1. The van der Waals surface area contributed by atoms with Gasteiger partial charge in [0.2, 0.25) is 0 Å². The van der Waals surface area contributed by atoms with E-state index in [1.54, 1.807) is 18.2 Å². The van der Waals surface area contributed by atoms with E-state index in [0.717, 1.165) is 17.5 Å². The molecule has 0 atom stereocenters. The minimum Gasteiger partial charge on any atom is -0.507 e. The molecule has 0 bridgehead atoms. The Morgan fingerprint density at radius 1 is 1.20 bits per heavy atom. The number of rotatable bonds is 4. The largest absolute Gasteiger partial charge is 0.507 e. The third-order valence-electron chi connectivity index (χ3n) is 2.99. The molecule has 0 aromatic heterocycles. The van der Waals surface area contributed by atoms with E-state index < -0.39 is 0 Å². The van der Waals surface area contributed by atoms with Crippen LogP contribution in [-0.2, 0) is 6.42 Å². The van der Waals surface area contributed by atoms with Crippen LogP contribution in [-0.4, -0.2) is 16.9 Å². The smallest absolute Gasteiger partial charge is 0.259 e. The van der Waals surface area contributed by atoms with Crippen molar-refractivity contribution in [3.8, 4) is 5.75 Å². The lowest BCUT2D eigenvalue weighted by atomic mass is 10.1. The molecule has 2 N–H and O–H groups in total. The van der Waals surface area contributed by atoms with E-state index in [0.29, 0.717) is 11.6 Å². The van der Waals surface area contributed by atoms with Gasteiger partial charge in [-0.3, -0.25) is 4.79 Å². The highest BCUT2D eigenvalue weighted by Crippen LogP contribution is 2.20. The Hall–Kier alpha value is -2.00. The Labute approximate surface area is 123 Å². The van der Waals surface area contributed by atoms with Crippen LogP contribution in [0.4, 0.5) is 5.69 Å². The first-order chi connectivity index (χ1) is 9.60. The molecule has 0 saturated carbocycles. The van der Waals surface area contributed by atoms with Crippen LogP contribution in [0.5, 0.6) is 5.75 Å². The lowest BCUT2D eigenvalue weighted by Gasteiger charge is -2.08. The van der Waals surface area contributed by atoms with Gasteiger partial charge in [0.05, 0.1) is 5.56 Å². The van der Waals surface area contributed by atoms with E-state index in [2.05, 4.69) is 5.32 Å². The average molecular weight is 290 g/mol. The van der Waals surface area contributed by atoms with Gasteiger partial charge in [0.15, 0.2) is 0 Å². The molecule has 1 amide bonds. The highest BCUT2D eigenvalue weighted by atomic mass is 35.5. The van der Waals surface area contributed by atoms with Crippen molar-refractivity contribution in [1.29, 1.82) is 0 Å². The van der Waals surface area contributed by atoms with Gasteiger partial charge >= 0.3 is 0 Å². The minimum absolute atomic E-state index is 0.0127. The number of carbonyl (C=O) groups is 1. The standard InChI is InChI=1S/C16H16ClNO2/c1-11-2-7-14(15(19)10-11)16(20)18-13-5-3-12(4-6-13)8-9-17/h2-7,10,19H,8-9H2,1H3,(H,18,20). The molecule has 0 heterocycles. The Morgan fingerprint density at radius 2 is 1.90 bits per heavy atom. The van der Waals surface area contributed by atoms with E-state index in [-0.39, 0.29) is 17.2 Å². The fraction of sp³-hybridized carbons (Fsp3) is 0.188. The molecule has 0 aliphatic carbocycles. The second-order valence-corrected chi connectivity index (χ2v) is 4.99. The first-order valence-electron chi connectivity index (χ1n) is 6.36. The van der Waals surface area contributed by atoms with Crippen LogP contribution in [0.15, 0.2) is 42.5 Å². The molecule has 0 aliphatic heterocycles. The molecule has 2 aromatic carbocycles. The maximum Gasteiger partial charge on any atom is 0.259 e. The molecule has 0 radical (unpaired) electrons. The fourth-order valence-corrected chi connectivity index (χ4v) is 2.11. The number of benzene rings is 2. The Morgan fingerprint density at radius 3 is 2.50 bits per heavy atom. The monoisotopic (exact) mass is 289 g/mol. The van der Waals surface area contributed by atoms with E-state index in [9.17, 15) is 9.90 Å². The van der Waals surface area contributed by atoms with Gasteiger partial charge in [-0.2, -0.15) is 0 Å². The fourth-order valence-electron chi connectivity index (χ4n) is 1.90. The maximum absolute atomic E-state index is 12.1. The van der Waals surface area contributed by atoms with E-state index in [1.165, 1.54) is 0 Å². The summed E-state index contributed by atoms with van der Waals surface area (Å²) in [5, 5.41) is 12.5. The summed E-state index contributed by atoms with van der Waals surface area (Å²) >= 11 is 5.67. The number of anilines is 1. The number of hydrogen-bond donors (Lipinski definition) is 2. The van der Waals surface area contributed by atoms with Gasteiger partial charge in [-0.25, -0.2) is 0 Å². The number of aryl methyl sites for hydroxylation is 2. The van der Waals surface area contributed by atoms with Gasteiger partial charge in [0.1, 0.15) is 5.75 Å². The number of aromatic hydroxyl groups is 1. The highest BCUT2D eigenvalue weighted by Gasteiger charge is 2.11.